The molecule has 1 heterocycles. The van der Waals surface area contributed by atoms with Gasteiger partial charge in [0.1, 0.15) is 0 Å². The molecule has 0 spiro atoms. The predicted molar refractivity (Wildman–Crippen MR) is 92.0 cm³/mol. The SMILES string of the molecule is CCOC(=O)[C@H]1C[C@H]2CCCCC[C@H]2N(Cc2ccccc2)C1. The smallest absolute Gasteiger partial charge is 0.310 e. The highest BCUT2D eigenvalue weighted by atomic mass is 16.5. The Labute approximate surface area is 140 Å². The first kappa shape index (κ1) is 16.5. The molecule has 0 N–H and O–H groups in total. The molecular formula is C20H29NO2. The fraction of sp³-hybridized carbons (Fsp3) is 0.650. The molecule has 3 heteroatoms. The Balaban J connectivity index is 1.76. The maximum absolute atomic E-state index is 12.3. The standard InChI is InChI=1S/C20H29NO2/c1-2-23-20(22)18-13-17-11-7-4-8-12-19(17)21(15-18)14-16-9-5-3-6-10-16/h3,5-6,9-10,17-19H,2,4,7-8,11-15H2,1H3/t17-,18+,19-/m1/s1. The van der Waals surface area contributed by atoms with E-state index in [9.17, 15) is 4.79 Å². The first-order valence-corrected chi connectivity index (χ1v) is 9.22. The summed E-state index contributed by atoms with van der Waals surface area (Å²) in [4.78, 5) is 14.9. The van der Waals surface area contributed by atoms with Gasteiger partial charge in [0.15, 0.2) is 0 Å². The van der Waals surface area contributed by atoms with Crippen LogP contribution in [0.25, 0.3) is 0 Å². The van der Waals surface area contributed by atoms with Gasteiger partial charge in [-0.15, -0.1) is 0 Å². The number of fused-ring (bicyclic) bond motifs is 1. The molecule has 0 aromatic heterocycles. The second kappa shape index (κ2) is 7.96. The summed E-state index contributed by atoms with van der Waals surface area (Å²) in [5, 5.41) is 0. The number of likely N-dealkylation sites (tertiary alicyclic amines) is 1. The Morgan fingerprint density at radius 1 is 1.17 bits per heavy atom. The topological polar surface area (TPSA) is 29.5 Å². The first-order valence-electron chi connectivity index (χ1n) is 9.22. The second-order valence-electron chi connectivity index (χ2n) is 7.07. The molecule has 0 bridgehead atoms. The number of esters is 1. The first-order chi connectivity index (χ1) is 11.3. The number of ether oxygens (including phenoxy) is 1. The van der Waals surface area contributed by atoms with Gasteiger partial charge in [-0.25, -0.2) is 0 Å². The summed E-state index contributed by atoms with van der Waals surface area (Å²) >= 11 is 0. The van der Waals surface area contributed by atoms with Crippen LogP contribution in [0.2, 0.25) is 0 Å². The largest absolute Gasteiger partial charge is 0.466 e. The van der Waals surface area contributed by atoms with Gasteiger partial charge in [-0.3, -0.25) is 9.69 Å². The third-order valence-corrected chi connectivity index (χ3v) is 5.48. The lowest BCUT2D eigenvalue weighted by Gasteiger charge is -2.43. The third kappa shape index (κ3) is 4.14. The van der Waals surface area contributed by atoms with Crippen molar-refractivity contribution in [3.63, 3.8) is 0 Å². The summed E-state index contributed by atoms with van der Waals surface area (Å²) in [6.45, 7) is 4.20. The molecule has 1 aliphatic carbocycles. The van der Waals surface area contributed by atoms with Crippen molar-refractivity contribution in [2.45, 2.75) is 58.0 Å². The lowest BCUT2D eigenvalue weighted by atomic mass is 9.80. The number of carbonyl (C=O) groups excluding carboxylic acids is 1. The monoisotopic (exact) mass is 315 g/mol. The average Bonchev–Trinajstić information content (AvgIpc) is 2.81. The van der Waals surface area contributed by atoms with Gasteiger partial charge in [0, 0.05) is 19.1 Å². The van der Waals surface area contributed by atoms with Crippen LogP contribution in [-0.2, 0) is 16.1 Å². The van der Waals surface area contributed by atoms with Crippen molar-refractivity contribution in [2.24, 2.45) is 11.8 Å². The molecule has 1 aromatic carbocycles. The molecule has 2 aliphatic rings. The van der Waals surface area contributed by atoms with Gasteiger partial charge in [0.2, 0.25) is 0 Å². The van der Waals surface area contributed by atoms with Crippen LogP contribution in [0, 0.1) is 11.8 Å². The molecule has 1 saturated carbocycles. The minimum Gasteiger partial charge on any atom is -0.466 e. The zero-order chi connectivity index (χ0) is 16.1. The highest BCUT2D eigenvalue weighted by Gasteiger charge is 2.39. The van der Waals surface area contributed by atoms with Crippen molar-refractivity contribution in [1.29, 1.82) is 0 Å². The Morgan fingerprint density at radius 2 is 1.96 bits per heavy atom. The molecular weight excluding hydrogens is 286 g/mol. The van der Waals surface area contributed by atoms with Crippen molar-refractivity contribution in [3.05, 3.63) is 35.9 Å². The number of piperidine rings is 1. The second-order valence-corrected chi connectivity index (χ2v) is 7.07. The fourth-order valence-corrected chi connectivity index (χ4v) is 4.41. The van der Waals surface area contributed by atoms with E-state index in [4.69, 9.17) is 4.74 Å². The molecule has 1 aliphatic heterocycles. The van der Waals surface area contributed by atoms with Crippen LogP contribution in [0.4, 0.5) is 0 Å². The van der Waals surface area contributed by atoms with E-state index < -0.39 is 0 Å². The van der Waals surface area contributed by atoms with Crippen LogP contribution < -0.4 is 0 Å². The molecule has 23 heavy (non-hydrogen) atoms. The van der Waals surface area contributed by atoms with Gasteiger partial charge in [-0.1, -0.05) is 49.6 Å². The lowest BCUT2D eigenvalue weighted by Crippen LogP contribution is -2.50. The number of hydrogen-bond acceptors (Lipinski definition) is 3. The van der Waals surface area contributed by atoms with Crippen LogP contribution in [0.5, 0.6) is 0 Å². The Bertz CT molecular complexity index is 502. The van der Waals surface area contributed by atoms with Crippen molar-refractivity contribution in [2.75, 3.05) is 13.2 Å². The quantitative estimate of drug-likeness (QED) is 0.786. The minimum absolute atomic E-state index is 0.00765. The number of nitrogens with zero attached hydrogens (tertiary/aromatic N) is 1. The van der Waals surface area contributed by atoms with Crippen molar-refractivity contribution in [1.82, 2.24) is 4.90 Å². The predicted octanol–water partition coefficient (Wildman–Crippen LogP) is 4.02. The molecule has 126 valence electrons. The van der Waals surface area contributed by atoms with E-state index in [1.54, 1.807) is 0 Å². The zero-order valence-electron chi connectivity index (χ0n) is 14.2. The molecule has 1 aromatic rings. The molecule has 3 rings (SSSR count). The van der Waals surface area contributed by atoms with E-state index in [0.29, 0.717) is 18.6 Å². The summed E-state index contributed by atoms with van der Waals surface area (Å²) in [7, 11) is 0. The van der Waals surface area contributed by atoms with Crippen molar-refractivity contribution in [3.8, 4) is 0 Å². The summed E-state index contributed by atoms with van der Waals surface area (Å²) in [6.07, 6.45) is 7.57. The van der Waals surface area contributed by atoms with Crippen LogP contribution in [-0.4, -0.2) is 30.1 Å². The Morgan fingerprint density at radius 3 is 2.74 bits per heavy atom. The van der Waals surface area contributed by atoms with Crippen LogP contribution in [0.1, 0.15) is 51.0 Å². The molecule has 2 fully saturated rings. The van der Waals surface area contributed by atoms with Gasteiger partial charge in [0.25, 0.3) is 0 Å². The minimum atomic E-state index is 0.00765. The van der Waals surface area contributed by atoms with Crippen LogP contribution in [0.15, 0.2) is 30.3 Å². The van der Waals surface area contributed by atoms with Gasteiger partial charge in [0.05, 0.1) is 12.5 Å². The average molecular weight is 315 g/mol. The summed E-state index contributed by atoms with van der Waals surface area (Å²) in [6, 6.07) is 11.3. The molecule has 1 saturated heterocycles. The van der Waals surface area contributed by atoms with Crippen molar-refractivity contribution < 1.29 is 9.53 Å². The summed E-state index contributed by atoms with van der Waals surface area (Å²) in [5.41, 5.74) is 1.35. The Kier molecular flexibility index (Phi) is 5.71. The molecule has 0 unspecified atom stereocenters. The van der Waals surface area contributed by atoms with Gasteiger partial charge < -0.3 is 4.74 Å². The highest BCUT2D eigenvalue weighted by molar-refractivity contribution is 5.72. The molecule has 3 nitrogen and oxygen atoms in total. The third-order valence-electron chi connectivity index (χ3n) is 5.48. The highest BCUT2D eigenvalue weighted by Crippen LogP contribution is 2.37. The van der Waals surface area contributed by atoms with Gasteiger partial charge >= 0.3 is 5.97 Å². The number of benzene rings is 1. The van der Waals surface area contributed by atoms with Gasteiger partial charge in [-0.2, -0.15) is 0 Å². The number of carbonyl (C=O) groups is 1. The molecule has 0 radical (unpaired) electrons. The van der Waals surface area contributed by atoms with E-state index in [2.05, 4.69) is 35.2 Å². The molecule has 0 amide bonds. The van der Waals surface area contributed by atoms with Crippen LogP contribution in [0.3, 0.4) is 0 Å². The normalized spacial score (nSPS) is 28.7. The lowest BCUT2D eigenvalue weighted by molar-refractivity contribution is -0.152. The molecule has 3 atom stereocenters. The number of hydrogen-bond donors (Lipinski definition) is 0. The zero-order valence-corrected chi connectivity index (χ0v) is 14.2. The summed E-state index contributed by atoms with van der Waals surface area (Å²) in [5.74, 6) is 0.718. The maximum atomic E-state index is 12.3. The van der Waals surface area contributed by atoms with Crippen molar-refractivity contribution >= 4 is 5.97 Å². The fourth-order valence-electron chi connectivity index (χ4n) is 4.41. The Hall–Kier alpha value is -1.35. The van der Waals surface area contributed by atoms with Gasteiger partial charge in [-0.05, 0) is 37.7 Å². The van der Waals surface area contributed by atoms with E-state index in [0.717, 1.165) is 19.5 Å². The van der Waals surface area contributed by atoms with E-state index >= 15 is 0 Å². The van der Waals surface area contributed by atoms with E-state index in [1.165, 1.54) is 37.7 Å². The summed E-state index contributed by atoms with van der Waals surface area (Å²) < 4.78 is 5.33. The number of rotatable bonds is 4. The van der Waals surface area contributed by atoms with E-state index in [1.807, 2.05) is 6.92 Å². The van der Waals surface area contributed by atoms with Crippen LogP contribution >= 0.6 is 0 Å². The maximum Gasteiger partial charge on any atom is 0.310 e. The van der Waals surface area contributed by atoms with E-state index in [-0.39, 0.29) is 11.9 Å².